The summed E-state index contributed by atoms with van der Waals surface area (Å²) >= 11 is 6.03. The maximum Gasteiger partial charge on any atom is 0.227 e. The second-order valence-electron chi connectivity index (χ2n) is 8.85. The van der Waals surface area contributed by atoms with Crippen LogP contribution in [0.15, 0.2) is 24.3 Å². The normalized spacial score (nSPS) is 20.7. The maximum absolute atomic E-state index is 12.5. The van der Waals surface area contributed by atoms with Crippen LogP contribution < -0.4 is 10.2 Å². The second kappa shape index (κ2) is 7.82. The molecule has 1 aromatic heterocycles. The largest absolute Gasteiger partial charge is 0.394 e. The number of ketones is 1. The van der Waals surface area contributed by atoms with E-state index in [1.54, 1.807) is 0 Å². The van der Waals surface area contributed by atoms with Crippen molar-refractivity contribution < 1.29 is 9.90 Å². The second-order valence-corrected chi connectivity index (χ2v) is 9.28. The number of aliphatic hydroxyl groups excluding tert-OH is 1. The highest BCUT2D eigenvalue weighted by Gasteiger charge is 2.39. The minimum Gasteiger partial charge on any atom is -0.394 e. The molecule has 0 unspecified atom stereocenters. The summed E-state index contributed by atoms with van der Waals surface area (Å²) in [5.74, 6) is 1.94. The number of nitrogens with zero attached hydrogens (tertiary/aromatic N) is 3. The van der Waals surface area contributed by atoms with E-state index in [4.69, 9.17) is 21.6 Å². The lowest BCUT2D eigenvalue weighted by Crippen LogP contribution is -2.49. The molecule has 3 aliphatic rings. The number of halogens is 1. The number of fused-ring (bicyclic) bond motifs is 1. The van der Waals surface area contributed by atoms with Gasteiger partial charge in [0.1, 0.15) is 5.82 Å². The Morgan fingerprint density at radius 1 is 1.13 bits per heavy atom. The Labute approximate surface area is 181 Å². The summed E-state index contributed by atoms with van der Waals surface area (Å²) in [6.07, 6.45) is 6.11. The van der Waals surface area contributed by atoms with E-state index in [0.717, 1.165) is 55.9 Å². The van der Waals surface area contributed by atoms with Gasteiger partial charge in [-0.2, -0.15) is 4.98 Å². The van der Waals surface area contributed by atoms with Crippen LogP contribution in [0.25, 0.3) is 0 Å². The van der Waals surface area contributed by atoms with Gasteiger partial charge in [0.25, 0.3) is 0 Å². The Morgan fingerprint density at radius 3 is 2.50 bits per heavy atom. The fourth-order valence-corrected chi connectivity index (χ4v) is 5.01. The van der Waals surface area contributed by atoms with Crippen LogP contribution in [0.1, 0.15) is 66.1 Å². The van der Waals surface area contributed by atoms with Crippen molar-refractivity contribution in [1.29, 1.82) is 0 Å². The van der Waals surface area contributed by atoms with E-state index >= 15 is 0 Å². The molecule has 158 valence electrons. The molecule has 0 radical (unpaired) electrons. The summed E-state index contributed by atoms with van der Waals surface area (Å²) in [6, 6.07) is 8.16. The molecule has 30 heavy (non-hydrogen) atoms. The first kappa shape index (κ1) is 19.8. The van der Waals surface area contributed by atoms with Gasteiger partial charge in [-0.25, -0.2) is 4.98 Å². The van der Waals surface area contributed by atoms with Crippen LogP contribution in [0, 0.1) is 0 Å². The Morgan fingerprint density at radius 2 is 1.87 bits per heavy atom. The zero-order chi connectivity index (χ0) is 20.7. The van der Waals surface area contributed by atoms with Gasteiger partial charge in [0.2, 0.25) is 5.95 Å². The summed E-state index contributed by atoms with van der Waals surface area (Å²) < 4.78 is 0. The first-order chi connectivity index (χ1) is 14.6. The molecule has 0 amide bonds. The van der Waals surface area contributed by atoms with Crippen LogP contribution in [0.5, 0.6) is 0 Å². The van der Waals surface area contributed by atoms with E-state index in [0.29, 0.717) is 36.1 Å². The third-order valence-electron chi connectivity index (χ3n) is 6.96. The monoisotopic (exact) mass is 426 g/mol. The predicted molar refractivity (Wildman–Crippen MR) is 118 cm³/mol. The molecule has 5 rings (SSSR count). The number of Topliss-reactive ketones (excluding diaryl/α,β-unsaturated/α-hetero) is 1. The van der Waals surface area contributed by atoms with Crippen molar-refractivity contribution in [3.63, 3.8) is 0 Å². The van der Waals surface area contributed by atoms with E-state index in [-0.39, 0.29) is 17.9 Å². The van der Waals surface area contributed by atoms with Crippen LogP contribution in [-0.4, -0.2) is 46.1 Å². The van der Waals surface area contributed by atoms with Crippen LogP contribution in [0.4, 0.5) is 11.8 Å². The van der Waals surface area contributed by atoms with Crippen molar-refractivity contribution >= 4 is 29.2 Å². The summed E-state index contributed by atoms with van der Waals surface area (Å²) in [5, 5.41) is 14.1. The molecule has 2 aliphatic carbocycles. The van der Waals surface area contributed by atoms with Gasteiger partial charge in [-0.3, -0.25) is 4.79 Å². The molecule has 1 aliphatic heterocycles. The number of aryl methyl sites for hydroxylation is 1. The fraction of sp³-hybridized carbons (Fsp3) is 0.522. The van der Waals surface area contributed by atoms with Gasteiger partial charge in [-0.15, -0.1) is 0 Å². The van der Waals surface area contributed by atoms with E-state index in [1.807, 2.05) is 12.1 Å². The van der Waals surface area contributed by atoms with Crippen molar-refractivity contribution in [1.82, 2.24) is 9.97 Å². The molecule has 1 saturated heterocycles. The van der Waals surface area contributed by atoms with Crippen molar-refractivity contribution in [2.24, 2.45) is 0 Å². The molecule has 0 atom stereocenters. The summed E-state index contributed by atoms with van der Waals surface area (Å²) in [6.45, 7) is 1.82. The third kappa shape index (κ3) is 3.56. The standard InChI is InChI=1S/C23H27ClN4O2/c24-17-4-2-15(3-5-17)16-8-12-28(13-9-16)22-25-18-6-7-19(30)20(18)21(26-22)27-23(14-29)10-1-11-23/h2-5,16,29H,1,6-14H2,(H,25,26,27). The average Bonchev–Trinajstić information content (AvgIpc) is 3.12. The van der Waals surface area contributed by atoms with Crippen LogP contribution in [0.3, 0.4) is 0 Å². The summed E-state index contributed by atoms with van der Waals surface area (Å²) in [5.41, 5.74) is 2.47. The van der Waals surface area contributed by atoms with Gasteiger partial charge in [0, 0.05) is 24.5 Å². The first-order valence-corrected chi connectivity index (χ1v) is 11.3. The molecule has 2 heterocycles. The third-order valence-corrected chi connectivity index (χ3v) is 7.21. The Kier molecular flexibility index (Phi) is 5.15. The number of nitrogens with one attached hydrogen (secondary N) is 1. The number of piperidine rings is 1. The quantitative estimate of drug-likeness (QED) is 0.753. The smallest absolute Gasteiger partial charge is 0.227 e. The molecule has 6 nitrogen and oxygen atoms in total. The molecule has 2 N–H and O–H groups in total. The van der Waals surface area contributed by atoms with Gasteiger partial charge in [-0.05, 0) is 62.1 Å². The molecular weight excluding hydrogens is 400 g/mol. The van der Waals surface area contributed by atoms with E-state index < -0.39 is 0 Å². The highest BCUT2D eigenvalue weighted by molar-refractivity contribution is 6.30. The first-order valence-electron chi connectivity index (χ1n) is 10.9. The van der Waals surface area contributed by atoms with Crippen molar-refractivity contribution in [3.8, 4) is 0 Å². The SMILES string of the molecule is O=C1CCc2nc(N3CCC(c4ccc(Cl)cc4)CC3)nc(NC3(CO)CCC3)c21. The summed E-state index contributed by atoms with van der Waals surface area (Å²) in [7, 11) is 0. The Bertz CT molecular complexity index is 945. The number of aromatic nitrogens is 2. The molecule has 0 bridgehead atoms. The van der Waals surface area contributed by atoms with Gasteiger partial charge >= 0.3 is 0 Å². The molecule has 2 fully saturated rings. The lowest BCUT2D eigenvalue weighted by molar-refractivity contribution is 0.0994. The molecule has 7 heteroatoms. The van der Waals surface area contributed by atoms with Crippen LogP contribution in [0.2, 0.25) is 5.02 Å². The van der Waals surface area contributed by atoms with Crippen molar-refractivity contribution in [2.75, 3.05) is 29.9 Å². The number of aliphatic hydroxyl groups is 1. The number of hydrogen-bond donors (Lipinski definition) is 2. The van der Waals surface area contributed by atoms with Crippen LogP contribution in [-0.2, 0) is 6.42 Å². The average molecular weight is 427 g/mol. The fourth-order valence-electron chi connectivity index (χ4n) is 4.88. The number of carbonyl (C=O) groups is 1. The molecule has 1 saturated carbocycles. The molecule has 2 aromatic rings. The van der Waals surface area contributed by atoms with Gasteiger partial charge in [0.15, 0.2) is 5.78 Å². The van der Waals surface area contributed by atoms with Crippen molar-refractivity contribution in [3.05, 3.63) is 46.1 Å². The van der Waals surface area contributed by atoms with E-state index in [9.17, 15) is 9.90 Å². The van der Waals surface area contributed by atoms with Crippen LogP contribution >= 0.6 is 11.6 Å². The highest BCUT2D eigenvalue weighted by Crippen LogP contribution is 2.38. The number of anilines is 2. The number of rotatable bonds is 5. The number of hydrogen-bond acceptors (Lipinski definition) is 6. The lowest BCUT2D eigenvalue weighted by Gasteiger charge is -2.42. The molecule has 0 spiro atoms. The molecular formula is C23H27ClN4O2. The zero-order valence-corrected chi connectivity index (χ0v) is 17.8. The van der Waals surface area contributed by atoms with Gasteiger partial charge in [0.05, 0.1) is 23.4 Å². The van der Waals surface area contributed by atoms with Gasteiger partial charge in [-0.1, -0.05) is 23.7 Å². The minimum absolute atomic E-state index is 0.0573. The Hall–Kier alpha value is -2.18. The number of benzene rings is 1. The Balaban J connectivity index is 1.37. The summed E-state index contributed by atoms with van der Waals surface area (Å²) in [4.78, 5) is 24.3. The van der Waals surface area contributed by atoms with Crippen molar-refractivity contribution in [2.45, 2.75) is 56.4 Å². The highest BCUT2D eigenvalue weighted by atomic mass is 35.5. The van der Waals surface area contributed by atoms with E-state index in [1.165, 1.54) is 5.56 Å². The van der Waals surface area contributed by atoms with Gasteiger partial charge < -0.3 is 15.3 Å². The minimum atomic E-state index is -0.343. The van der Waals surface area contributed by atoms with E-state index in [2.05, 4.69) is 22.3 Å². The maximum atomic E-state index is 12.5. The number of carbonyl (C=O) groups excluding carboxylic acids is 1. The molecule has 1 aromatic carbocycles. The zero-order valence-electron chi connectivity index (χ0n) is 17.0. The lowest BCUT2D eigenvalue weighted by atomic mass is 9.77. The predicted octanol–water partition coefficient (Wildman–Crippen LogP) is 3.97. The topological polar surface area (TPSA) is 78.4 Å².